The highest BCUT2D eigenvalue weighted by Gasteiger charge is 2.33. The van der Waals surface area contributed by atoms with Crippen LogP contribution in [-0.4, -0.2) is 25.7 Å². The van der Waals surface area contributed by atoms with Crippen LogP contribution in [0.3, 0.4) is 0 Å². The van der Waals surface area contributed by atoms with Gasteiger partial charge in [-0.3, -0.25) is 4.79 Å². The average Bonchev–Trinajstić information content (AvgIpc) is 3.51. The highest BCUT2D eigenvalue weighted by molar-refractivity contribution is 9.10. The molecule has 7 nitrogen and oxygen atoms in total. The van der Waals surface area contributed by atoms with Crippen molar-refractivity contribution < 1.29 is 18.0 Å². The number of benzene rings is 1. The second-order valence-corrected chi connectivity index (χ2v) is 8.37. The van der Waals surface area contributed by atoms with Crippen LogP contribution in [0.5, 0.6) is 0 Å². The summed E-state index contributed by atoms with van der Waals surface area (Å²) in [7, 11) is 0. The Bertz CT molecular complexity index is 1210. The molecule has 0 spiro atoms. The number of aromatic nitrogens is 4. The maximum absolute atomic E-state index is 13.1. The van der Waals surface area contributed by atoms with Gasteiger partial charge in [0.05, 0.1) is 17.2 Å². The Labute approximate surface area is 189 Å². The van der Waals surface area contributed by atoms with E-state index in [0.29, 0.717) is 23.0 Å². The van der Waals surface area contributed by atoms with E-state index in [2.05, 4.69) is 36.3 Å². The number of nitrogens with zero attached hydrogens (tertiary/aromatic N) is 5. The molecule has 0 aliphatic heterocycles. The lowest BCUT2D eigenvalue weighted by molar-refractivity contribution is -0.137. The van der Waals surface area contributed by atoms with Gasteiger partial charge >= 0.3 is 6.18 Å². The molecule has 4 rings (SSSR count). The SMILES string of the molecule is CC(NC(=O)c1cc(Br)cc(C(F)(F)F)c1)c1nc(C2CC2)nn1-c1ccc(C#N)cn1. The molecule has 1 amide bonds. The number of halogens is 4. The van der Waals surface area contributed by atoms with Crippen LogP contribution in [0.2, 0.25) is 0 Å². The molecular formula is C21H16BrF3N6O. The van der Waals surface area contributed by atoms with Crippen LogP contribution < -0.4 is 5.32 Å². The van der Waals surface area contributed by atoms with Crippen molar-refractivity contribution in [3.8, 4) is 11.9 Å². The molecule has 1 aliphatic carbocycles. The molecule has 32 heavy (non-hydrogen) atoms. The third-order valence-corrected chi connectivity index (χ3v) is 5.37. The van der Waals surface area contributed by atoms with Crippen molar-refractivity contribution in [3.63, 3.8) is 0 Å². The van der Waals surface area contributed by atoms with E-state index in [0.717, 1.165) is 25.0 Å². The van der Waals surface area contributed by atoms with Gasteiger partial charge in [-0.2, -0.15) is 23.1 Å². The fourth-order valence-electron chi connectivity index (χ4n) is 3.11. The van der Waals surface area contributed by atoms with Gasteiger partial charge in [-0.05, 0) is 50.1 Å². The summed E-state index contributed by atoms with van der Waals surface area (Å²) in [6.07, 6.45) is -1.25. The maximum Gasteiger partial charge on any atom is 0.416 e. The van der Waals surface area contributed by atoms with E-state index >= 15 is 0 Å². The number of rotatable bonds is 5. The minimum Gasteiger partial charge on any atom is -0.342 e. The van der Waals surface area contributed by atoms with E-state index < -0.39 is 23.7 Å². The molecule has 0 bridgehead atoms. The standard InChI is InChI=1S/C21H16BrF3N6O/c1-11(28-20(32)14-6-15(21(23,24)25)8-16(22)7-14)19-29-18(13-3-4-13)30-31(19)17-5-2-12(9-26)10-27-17/h2,5-8,10-11,13H,3-4H2,1H3,(H,28,32). The van der Waals surface area contributed by atoms with Crippen molar-refractivity contribution in [2.45, 2.75) is 37.9 Å². The minimum atomic E-state index is -4.58. The Balaban J connectivity index is 1.63. The van der Waals surface area contributed by atoms with Crippen LogP contribution in [0.4, 0.5) is 13.2 Å². The summed E-state index contributed by atoms with van der Waals surface area (Å²) in [5.74, 6) is 0.981. The fourth-order valence-corrected chi connectivity index (χ4v) is 3.60. The fraction of sp³-hybridized carbons (Fsp3) is 0.286. The first-order valence-electron chi connectivity index (χ1n) is 9.67. The summed E-state index contributed by atoms with van der Waals surface area (Å²) in [4.78, 5) is 21.5. The summed E-state index contributed by atoms with van der Waals surface area (Å²) < 4.78 is 41.0. The number of carbonyl (C=O) groups is 1. The zero-order valence-electron chi connectivity index (χ0n) is 16.7. The van der Waals surface area contributed by atoms with Gasteiger partial charge in [0.25, 0.3) is 5.91 Å². The first-order chi connectivity index (χ1) is 15.2. The highest BCUT2D eigenvalue weighted by Crippen LogP contribution is 2.39. The van der Waals surface area contributed by atoms with Crippen LogP contribution in [-0.2, 0) is 6.18 Å². The number of amides is 1. The van der Waals surface area contributed by atoms with Gasteiger partial charge in [0, 0.05) is 22.2 Å². The maximum atomic E-state index is 13.1. The van der Waals surface area contributed by atoms with E-state index in [1.807, 2.05) is 6.07 Å². The number of hydrogen-bond donors (Lipinski definition) is 1. The molecule has 2 aromatic heterocycles. The molecule has 2 heterocycles. The lowest BCUT2D eigenvalue weighted by Crippen LogP contribution is -2.29. The number of nitrogens with one attached hydrogen (secondary N) is 1. The van der Waals surface area contributed by atoms with Crippen LogP contribution in [0.15, 0.2) is 41.0 Å². The van der Waals surface area contributed by atoms with Crippen molar-refractivity contribution in [3.05, 3.63) is 69.3 Å². The van der Waals surface area contributed by atoms with E-state index in [1.165, 1.54) is 16.9 Å². The summed E-state index contributed by atoms with van der Waals surface area (Å²) in [5.41, 5.74) is -0.677. The predicted octanol–water partition coefficient (Wildman–Crippen LogP) is 4.68. The number of carbonyl (C=O) groups excluding carboxylic acids is 1. The normalized spacial score (nSPS) is 14.6. The first-order valence-corrected chi connectivity index (χ1v) is 10.5. The largest absolute Gasteiger partial charge is 0.416 e. The molecule has 3 aromatic rings. The Morgan fingerprint density at radius 1 is 1.31 bits per heavy atom. The van der Waals surface area contributed by atoms with Crippen molar-refractivity contribution in [2.75, 3.05) is 0 Å². The highest BCUT2D eigenvalue weighted by atomic mass is 79.9. The van der Waals surface area contributed by atoms with Gasteiger partial charge < -0.3 is 5.32 Å². The van der Waals surface area contributed by atoms with Gasteiger partial charge in [0.1, 0.15) is 6.07 Å². The third-order valence-electron chi connectivity index (χ3n) is 4.91. The quantitative estimate of drug-likeness (QED) is 0.543. The Morgan fingerprint density at radius 3 is 2.66 bits per heavy atom. The Morgan fingerprint density at radius 2 is 2.06 bits per heavy atom. The molecular weight excluding hydrogens is 489 g/mol. The average molecular weight is 505 g/mol. The van der Waals surface area contributed by atoms with Crippen molar-refractivity contribution in [2.24, 2.45) is 0 Å². The molecule has 1 aromatic carbocycles. The molecule has 1 atom stereocenters. The Hall–Kier alpha value is -3.26. The Kier molecular flexibility index (Phi) is 5.73. The lowest BCUT2D eigenvalue weighted by Gasteiger charge is -2.15. The first kappa shape index (κ1) is 22.0. The van der Waals surface area contributed by atoms with Crippen LogP contribution in [0.1, 0.15) is 64.9 Å². The van der Waals surface area contributed by atoms with E-state index in [1.54, 1.807) is 19.1 Å². The van der Waals surface area contributed by atoms with Gasteiger partial charge in [-0.25, -0.2) is 9.97 Å². The lowest BCUT2D eigenvalue weighted by atomic mass is 10.1. The van der Waals surface area contributed by atoms with E-state index in [9.17, 15) is 18.0 Å². The van der Waals surface area contributed by atoms with Crippen LogP contribution in [0, 0.1) is 11.3 Å². The summed E-state index contributed by atoms with van der Waals surface area (Å²) >= 11 is 3.03. The molecule has 1 saturated carbocycles. The zero-order chi connectivity index (χ0) is 23.0. The third kappa shape index (κ3) is 4.65. The second-order valence-electron chi connectivity index (χ2n) is 7.45. The molecule has 1 aliphatic rings. The molecule has 0 radical (unpaired) electrons. The number of pyridine rings is 1. The van der Waals surface area contributed by atoms with Crippen molar-refractivity contribution in [1.29, 1.82) is 5.26 Å². The number of nitriles is 1. The molecule has 1 fully saturated rings. The van der Waals surface area contributed by atoms with Gasteiger partial charge in [-0.1, -0.05) is 15.9 Å². The monoisotopic (exact) mass is 504 g/mol. The predicted molar refractivity (Wildman–Crippen MR) is 111 cm³/mol. The second kappa shape index (κ2) is 8.35. The summed E-state index contributed by atoms with van der Waals surface area (Å²) in [6, 6.07) is 7.56. The van der Waals surface area contributed by atoms with E-state index in [-0.39, 0.29) is 16.0 Å². The topological polar surface area (TPSA) is 96.5 Å². The molecule has 164 valence electrons. The summed E-state index contributed by atoms with van der Waals surface area (Å²) in [6.45, 7) is 1.67. The number of alkyl halides is 3. The molecule has 1 N–H and O–H groups in total. The smallest absolute Gasteiger partial charge is 0.342 e. The van der Waals surface area contributed by atoms with Crippen molar-refractivity contribution >= 4 is 21.8 Å². The molecule has 1 unspecified atom stereocenters. The van der Waals surface area contributed by atoms with Crippen LogP contribution in [0.25, 0.3) is 5.82 Å². The van der Waals surface area contributed by atoms with Crippen LogP contribution >= 0.6 is 15.9 Å². The van der Waals surface area contributed by atoms with Gasteiger partial charge in [0.15, 0.2) is 17.5 Å². The summed E-state index contributed by atoms with van der Waals surface area (Å²) in [5, 5.41) is 16.2. The number of hydrogen-bond acceptors (Lipinski definition) is 5. The molecule has 0 saturated heterocycles. The van der Waals surface area contributed by atoms with Gasteiger partial charge in [-0.15, -0.1) is 5.10 Å². The zero-order valence-corrected chi connectivity index (χ0v) is 18.3. The van der Waals surface area contributed by atoms with Gasteiger partial charge in [0.2, 0.25) is 0 Å². The van der Waals surface area contributed by atoms with E-state index in [4.69, 9.17) is 5.26 Å². The molecule has 11 heteroatoms. The minimum absolute atomic E-state index is 0.136. The van der Waals surface area contributed by atoms with Crippen molar-refractivity contribution in [1.82, 2.24) is 25.1 Å².